The van der Waals surface area contributed by atoms with Gasteiger partial charge in [-0.05, 0) is 31.7 Å². The van der Waals surface area contributed by atoms with E-state index in [2.05, 4.69) is 0 Å². The second-order valence-corrected chi connectivity index (χ2v) is 5.46. The Labute approximate surface area is 147 Å². The number of hydrogen-bond acceptors (Lipinski definition) is 4. The van der Waals surface area contributed by atoms with Crippen molar-refractivity contribution in [2.24, 2.45) is 0 Å². The van der Waals surface area contributed by atoms with Crippen LogP contribution in [0.25, 0.3) is 0 Å². The summed E-state index contributed by atoms with van der Waals surface area (Å²) in [5, 5.41) is 8.69. The molecule has 0 saturated heterocycles. The third kappa shape index (κ3) is 6.33. The molecule has 6 nitrogen and oxygen atoms in total. The number of hydrogen-bond donors (Lipinski definition) is 1. The summed E-state index contributed by atoms with van der Waals surface area (Å²) in [5.41, 5.74) is 0.652. The number of carboxylic acid groups (broad SMARTS) is 1. The molecule has 1 N–H and O–H groups in total. The van der Waals surface area contributed by atoms with Crippen LogP contribution in [0.2, 0.25) is 0 Å². The van der Waals surface area contributed by atoms with E-state index in [0.717, 1.165) is 0 Å². The molecule has 1 aromatic rings. The maximum atomic E-state index is 13.7. The molecule has 0 aromatic heterocycles. The van der Waals surface area contributed by atoms with Gasteiger partial charge < -0.3 is 14.7 Å². The summed E-state index contributed by atoms with van der Waals surface area (Å²) >= 11 is 0. The first-order valence-electron chi connectivity index (χ1n) is 7.25. The van der Waals surface area contributed by atoms with Crippen molar-refractivity contribution < 1.29 is 23.8 Å². The Kier molecular flexibility index (Phi) is 9.32. The van der Waals surface area contributed by atoms with Crippen LogP contribution in [0.1, 0.15) is 18.9 Å². The van der Waals surface area contributed by atoms with Gasteiger partial charge in [0.15, 0.2) is 11.6 Å². The van der Waals surface area contributed by atoms with E-state index in [0.29, 0.717) is 5.56 Å². The highest BCUT2D eigenvalue weighted by molar-refractivity contribution is 5.85. The van der Waals surface area contributed by atoms with Gasteiger partial charge in [-0.25, -0.2) is 4.39 Å². The Hall–Kier alpha value is -1.86. The van der Waals surface area contributed by atoms with Crippen LogP contribution < -0.4 is 4.74 Å². The summed E-state index contributed by atoms with van der Waals surface area (Å²) in [4.78, 5) is 26.1. The second-order valence-electron chi connectivity index (χ2n) is 5.46. The van der Waals surface area contributed by atoms with Crippen molar-refractivity contribution in [3.8, 4) is 5.75 Å². The maximum Gasteiger partial charge on any atom is 0.304 e. The zero-order valence-corrected chi connectivity index (χ0v) is 15.1. The molecule has 0 aliphatic rings. The number of amides is 1. The monoisotopic (exact) mass is 362 g/mol. The number of carboxylic acids is 1. The fourth-order valence-electron chi connectivity index (χ4n) is 2.13. The van der Waals surface area contributed by atoms with Crippen molar-refractivity contribution in [1.29, 1.82) is 0 Å². The van der Waals surface area contributed by atoms with E-state index in [1.54, 1.807) is 32.0 Å². The van der Waals surface area contributed by atoms with Crippen molar-refractivity contribution in [1.82, 2.24) is 9.80 Å². The largest absolute Gasteiger partial charge is 0.494 e. The third-order valence-corrected chi connectivity index (χ3v) is 3.71. The quantitative estimate of drug-likeness (QED) is 0.766. The van der Waals surface area contributed by atoms with Crippen LogP contribution in [-0.2, 0) is 16.1 Å². The molecule has 0 aliphatic heterocycles. The molecule has 8 heteroatoms. The fourth-order valence-corrected chi connectivity index (χ4v) is 2.13. The Morgan fingerprint density at radius 3 is 2.46 bits per heavy atom. The van der Waals surface area contributed by atoms with Gasteiger partial charge in [0.1, 0.15) is 0 Å². The molecule has 1 atom stereocenters. The summed E-state index contributed by atoms with van der Waals surface area (Å²) < 4.78 is 18.5. The average molecular weight is 363 g/mol. The van der Waals surface area contributed by atoms with Crippen LogP contribution in [-0.4, -0.2) is 60.6 Å². The van der Waals surface area contributed by atoms with E-state index in [1.807, 2.05) is 0 Å². The van der Waals surface area contributed by atoms with Crippen molar-refractivity contribution in [3.05, 3.63) is 29.6 Å². The van der Waals surface area contributed by atoms with Crippen molar-refractivity contribution in [2.45, 2.75) is 25.9 Å². The zero-order chi connectivity index (χ0) is 17.6. The van der Waals surface area contributed by atoms with Crippen molar-refractivity contribution in [2.75, 3.05) is 27.7 Å². The predicted molar refractivity (Wildman–Crippen MR) is 91.0 cm³/mol. The number of aliphatic carboxylic acids is 1. The fraction of sp³-hybridized carbons (Fsp3) is 0.500. The highest BCUT2D eigenvalue weighted by Crippen LogP contribution is 2.18. The summed E-state index contributed by atoms with van der Waals surface area (Å²) in [6, 6.07) is 4.10. The molecule has 24 heavy (non-hydrogen) atoms. The minimum atomic E-state index is -0.904. The lowest BCUT2D eigenvalue weighted by atomic mass is 10.1. The minimum Gasteiger partial charge on any atom is -0.494 e. The highest BCUT2D eigenvalue weighted by atomic mass is 35.5. The number of rotatable bonds is 8. The number of carbonyl (C=O) groups excluding carboxylic acids is 1. The SMILES string of the molecule is COc1ccc(CN(C)C(=O)C(C)N(C)CCC(=O)O)cc1F.Cl. The first-order valence-corrected chi connectivity index (χ1v) is 7.25. The molecule has 0 saturated carbocycles. The van der Waals surface area contributed by atoms with Gasteiger partial charge in [-0.2, -0.15) is 0 Å². The summed E-state index contributed by atoms with van der Waals surface area (Å²) in [7, 11) is 4.72. The molecule has 1 rings (SSSR count). The lowest BCUT2D eigenvalue weighted by Crippen LogP contribution is -2.44. The molecule has 0 radical (unpaired) electrons. The van der Waals surface area contributed by atoms with Crippen molar-refractivity contribution >= 4 is 24.3 Å². The van der Waals surface area contributed by atoms with E-state index < -0.39 is 17.8 Å². The van der Waals surface area contributed by atoms with Gasteiger partial charge in [-0.3, -0.25) is 14.5 Å². The number of benzene rings is 1. The third-order valence-electron chi connectivity index (χ3n) is 3.71. The number of carbonyl (C=O) groups is 2. The smallest absolute Gasteiger partial charge is 0.304 e. The molecular formula is C16H24ClFN2O4. The summed E-state index contributed by atoms with van der Waals surface area (Å²) in [5.74, 6) is -1.38. The molecule has 0 heterocycles. The molecule has 0 fully saturated rings. The molecular weight excluding hydrogens is 339 g/mol. The molecule has 0 spiro atoms. The van der Waals surface area contributed by atoms with Crippen LogP contribution >= 0.6 is 12.4 Å². The zero-order valence-electron chi connectivity index (χ0n) is 14.3. The molecule has 1 aromatic carbocycles. The number of methoxy groups -OCH3 is 1. The first-order chi connectivity index (χ1) is 10.8. The maximum absolute atomic E-state index is 13.7. The van der Waals surface area contributed by atoms with Crippen LogP contribution in [0.3, 0.4) is 0 Å². The van der Waals surface area contributed by atoms with Crippen LogP contribution in [0.5, 0.6) is 5.75 Å². The van der Waals surface area contributed by atoms with Gasteiger partial charge in [0.05, 0.1) is 19.6 Å². The second kappa shape index (κ2) is 10.1. The number of likely N-dealkylation sites (N-methyl/N-ethyl adjacent to an activating group) is 2. The van der Waals surface area contributed by atoms with Gasteiger partial charge in [0, 0.05) is 20.1 Å². The Morgan fingerprint density at radius 1 is 1.33 bits per heavy atom. The van der Waals surface area contributed by atoms with Gasteiger partial charge >= 0.3 is 5.97 Å². The topological polar surface area (TPSA) is 70.1 Å². The van der Waals surface area contributed by atoms with E-state index in [1.165, 1.54) is 24.1 Å². The highest BCUT2D eigenvalue weighted by Gasteiger charge is 2.22. The number of nitrogens with zero attached hydrogens (tertiary/aromatic N) is 2. The molecule has 0 aliphatic carbocycles. The van der Waals surface area contributed by atoms with E-state index >= 15 is 0 Å². The Bertz CT molecular complexity index is 571. The number of ether oxygens (including phenoxy) is 1. The Balaban J connectivity index is 0.00000529. The van der Waals surface area contributed by atoms with Crippen LogP contribution in [0, 0.1) is 5.82 Å². The minimum absolute atomic E-state index is 0. The predicted octanol–water partition coefficient (Wildman–Crippen LogP) is 2.01. The van der Waals surface area contributed by atoms with Crippen LogP contribution in [0.4, 0.5) is 4.39 Å². The standard InChI is InChI=1S/C16H23FN2O4.ClH/c1-11(18(2)8-7-15(20)21)16(22)19(3)10-12-5-6-14(23-4)13(17)9-12;/h5-6,9,11H,7-8,10H2,1-4H3,(H,20,21);1H. The van der Waals surface area contributed by atoms with E-state index in [9.17, 15) is 14.0 Å². The molecule has 1 unspecified atom stereocenters. The Morgan fingerprint density at radius 2 is 1.96 bits per heavy atom. The van der Waals surface area contributed by atoms with Gasteiger partial charge in [-0.1, -0.05) is 6.07 Å². The summed E-state index contributed by atoms with van der Waals surface area (Å²) in [6.07, 6.45) is -0.0263. The number of halogens is 2. The lowest BCUT2D eigenvalue weighted by molar-refractivity contribution is -0.139. The van der Waals surface area contributed by atoms with Gasteiger partial charge in [0.25, 0.3) is 0 Å². The summed E-state index contributed by atoms with van der Waals surface area (Å²) in [6.45, 7) is 2.26. The first kappa shape index (κ1) is 22.1. The molecule has 1 amide bonds. The van der Waals surface area contributed by atoms with Crippen LogP contribution in [0.15, 0.2) is 18.2 Å². The molecule has 0 bridgehead atoms. The van der Waals surface area contributed by atoms with Gasteiger partial charge in [0.2, 0.25) is 5.91 Å². The lowest BCUT2D eigenvalue weighted by Gasteiger charge is -2.28. The van der Waals surface area contributed by atoms with E-state index in [-0.39, 0.29) is 43.6 Å². The average Bonchev–Trinajstić information content (AvgIpc) is 2.51. The van der Waals surface area contributed by atoms with Gasteiger partial charge in [-0.15, -0.1) is 12.4 Å². The van der Waals surface area contributed by atoms with Crippen molar-refractivity contribution in [3.63, 3.8) is 0 Å². The normalized spacial score (nSPS) is 11.6. The van der Waals surface area contributed by atoms with E-state index in [4.69, 9.17) is 9.84 Å². The molecule has 136 valence electrons.